The third-order valence-electron chi connectivity index (χ3n) is 6.35. The number of pyridine rings is 1. The molecular weight excluding hydrogens is 406 g/mol. The molecule has 0 aromatic carbocycles. The number of aromatic nitrogens is 3. The molecule has 0 unspecified atom stereocenters. The van der Waals surface area contributed by atoms with E-state index in [4.69, 9.17) is 4.74 Å². The number of ether oxygens (including phenoxy) is 1. The Balaban J connectivity index is 1.24. The Labute approximate surface area is 189 Å². The first-order valence-electron chi connectivity index (χ1n) is 11.6. The second kappa shape index (κ2) is 11.0. The van der Waals surface area contributed by atoms with Crippen LogP contribution in [0.5, 0.6) is 5.88 Å². The average Bonchev–Trinajstić information content (AvgIpc) is 2.85. The number of nitrogens with zero attached hydrogens (tertiary/aromatic N) is 5. The van der Waals surface area contributed by atoms with Crippen molar-refractivity contribution >= 4 is 11.8 Å². The minimum atomic E-state index is -0.0504. The molecule has 8 heteroatoms. The van der Waals surface area contributed by atoms with Gasteiger partial charge < -0.3 is 14.5 Å². The maximum absolute atomic E-state index is 13.0. The number of carbonyl (C=O) groups excluding carboxylic acids is 2. The molecule has 1 saturated carbocycles. The van der Waals surface area contributed by atoms with E-state index in [-0.39, 0.29) is 18.2 Å². The van der Waals surface area contributed by atoms with Crippen molar-refractivity contribution in [1.29, 1.82) is 0 Å². The van der Waals surface area contributed by atoms with Crippen LogP contribution >= 0.6 is 0 Å². The molecule has 3 heterocycles. The van der Waals surface area contributed by atoms with Crippen molar-refractivity contribution in [3.63, 3.8) is 0 Å². The largest absolute Gasteiger partial charge is 0.478 e. The molecule has 0 N–H and O–H groups in total. The quantitative estimate of drug-likeness (QED) is 0.662. The summed E-state index contributed by atoms with van der Waals surface area (Å²) in [5.41, 5.74) is 1.23. The summed E-state index contributed by atoms with van der Waals surface area (Å²) in [6.45, 7) is 2.68. The predicted octanol–water partition coefficient (Wildman–Crippen LogP) is 2.75. The lowest BCUT2D eigenvalue weighted by Crippen LogP contribution is -2.51. The van der Waals surface area contributed by atoms with Gasteiger partial charge in [0.25, 0.3) is 5.91 Å². The van der Waals surface area contributed by atoms with Gasteiger partial charge in [0.15, 0.2) is 0 Å². The molecule has 2 amide bonds. The lowest BCUT2D eigenvalue weighted by atomic mass is 9.87. The van der Waals surface area contributed by atoms with Crippen LogP contribution in [0.2, 0.25) is 0 Å². The van der Waals surface area contributed by atoms with E-state index < -0.39 is 0 Å². The minimum absolute atomic E-state index is 0.00941. The number of rotatable bonds is 7. The molecule has 0 bridgehead atoms. The van der Waals surface area contributed by atoms with Gasteiger partial charge in [-0.25, -0.2) is 4.98 Å². The molecule has 1 aliphatic heterocycles. The van der Waals surface area contributed by atoms with Gasteiger partial charge in [0.2, 0.25) is 11.8 Å². The maximum Gasteiger partial charge on any atom is 0.254 e. The zero-order valence-corrected chi connectivity index (χ0v) is 18.5. The summed E-state index contributed by atoms with van der Waals surface area (Å²) >= 11 is 0. The second-order valence-corrected chi connectivity index (χ2v) is 8.57. The number of amides is 2. The van der Waals surface area contributed by atoms with Gasteiger partial charge in [-0.15, -0.1) is 0 Å². The summed E-state index contributed by atoms with van der Waals surface area (Å²) in [5, 5.41) is 0. The fourth-order valence-electron chi connectivity index (χ4n) is 4.46. The van der Waals surface area contributed by atoms with E-state index in [2.05, 4.69) is 15.0 Å². The van der Waals surface area contributed by atoms with Crippen LogP contribution in [0.3, 0.4) is 0 Å². The standard InChI is InChI=1S/C24H31N5O3/c30-23(17-21-18-25-9-10-26-21)28-11-13-29(14-12-28)24(31)20-6-8-27-22(16-20)32-15-7-19-4-2-1-3-5-19/h6,8-10,16,18-19H,1-5,7,11-15,17H2. The van der Waals surface area contributed by atoms with Crippen molar-refractivity contribution in [1.82, 2.24) is 24.8 Å². The maximum atomic E-state index is 13.0. The topological polar surface area (TPSA) is 88.5 Å². The normalized spacial score (nSPS) is 17.2. The zero-order valence-electron chi connectivity index (χ0n) is 18.5. The van der Waals surface area contributed by atoms with Crippen molar-refractivity contribution in [3.8, 4) is 5.88 Å². The smallest absolute Gasteiger partial charge is 0.254 e. The molecule has 2 fully saturated rings. The molecule has 1 saturated heterocycles. The molecule has 4 rings (SSSR count). The molecule has 170 valence electrons. The lowest BCUT2D eigenvalue weighted by molar-refractivity contribution is -0.132. The zero-order chi connectivity index (χ0) is 22.2. The van der Waals surface area contributed by atoms with Gasteiger partial charge in [0.05, 0.1) is 18.7 Å². The third-order valence-corrected chi connectivity index (χ3v) is 6.35. The van der Waals surface area contributed by atoms with E-state index in [0.29, 0.717) is 49.9 Å². The fourth-order valence-corrected chi connectivity index (χ4v) is 4.46. The highest BCUT2D eigenvalue weighted by Crippen LogP contribution is 2.26. The number of piperazine rings is 1. The Bertz CT molecular complexity index is 894. The van der Waals surface area contributed by atoms with E-state index in [0.717, 1.165) is 12.3 Å². The van der Waals surface area contributed by atoms with Crippen LogP contribution in [-0.4, -0.2) is 69.4 Å². The lowest BCUT2D eigenvalue weighted by Gasteiger charge is -2.34. The van der Waals surface area contributed by atoms with E-state index in [1.807, 2.05) is 0 Å². The summed E-state index contributed by atoms with van der Waals surface area (Å²) in [4.78, 5) is 41.5. The van der Waals surface area contributed by atoms with Gasteiger partial charge in [-0.3, -0.25) is 19.6 Å². The third kappa shape index (κ3) is 6.02. The second-order valence-electron chi connectivity index (χ2n) is 8.57. The van der Waals surface area contributed by atoms with Gasteiger partial charge >= 0.3 is 0 Å². The Hall–Kier alpha value is -3.03. The number of carbonyl (C=O) groups is 2. The van der Waals surface area contributed by atoms with Gasteiger partial charge in [-0.05, 0) is 18.4 Å². The Morgan fingerprint density at radius 2 is 1.75 bits per heavy atom. The van der Waals surface area contributed by atoms with Crippen LogP contribution in [0.1, 0.15) is 54.6 Å². The summed E-state index contributed by atoms with van der Waals surface area (Å²) < 4.78 is 5.85. The molecule has 1 aliphatic carbocycles. The van der Waals surface area contributed by atoms with E-state index in [1.54, 1.807) is 46.7 Å². The molecule has 0 atom stereocenters. The summed E-state index contributed by atoms with van der Waals surface area (Å²) in [6, 6.07) is 3.46. The predicted molar refractivity (Wildman–Crippen MR) is 119 cm³/mol. The number of hydrogen-bond donors (Lipinski definition) is 0. The van der Waals surface area contributed by atoms with Crippen LogP contribution in [0, 0.1) is 5.92 Å². The Kier molecular flexibility index (Phi) is 7.64. The molecule has 2 aliphatic rings. The van der Waals surface area contributed by atoms with E-state index >= 15 is 0 Å². The van der Waals surface area contributed by atoms with Gasteiger partial charge in [0, 0.05) is 62.6 Å². The van der Waals surface area contributed by atoms with Crippen LogP contribution < -0.4 is 4.74 Å². The molecule has 2 aromatic rings. The summed E-state index contributed by atoms with van der Waals surface area (Å²) in [7, 11) is 0. The van der Waals surface area contributed by atoms with Crippen molar-refractivity contribution < 1.29 is 14.3 Å². The molecule has 0 radical (unpaired) electrons. The first-order chi connectivity index (χ1) is 15.7. The first-order valence-corrected chi connectivity index (χ1v) is 11.6. The first kappa shape index (κ1) is 22.2. The van der Waals surface area contributed by atoms with Crippen molar-refractivity contribution in [2.45, 2.75) is 44.9 Å². The minimum Gasteiger partial charge on any atom is -0.478 e. The molecular formula is C24H31N5O3. The highest BCUT2D eigenvalue weighted by atomic mass is 16.5. The Morgan fingerprint density at radius 3 is 2.50 bits per heavy atom. The van der Waals surface area contributed by atoms with Crippen LogP contribution in [0.4, 0.5) is 0 Å². The van der Waals surface area contributed by atoms with Crippen LogP contribution in [-0.2, 0) is 11.2 Å². The molecule has 2 aromatic heterocycles. The highest BCUT2D eigenvalue weighted by Gasteiger charge is 2.25. The highest BCUT2D eigenvalue weighted by molar-refractivity contribution is 5.94. The van der Waals surface area contributed by atoms with Gasteiger partial charge in [-0.1, -0.05) is 32.1 Å². The monoisotopic (exact) mass is 437 g/mol. The number of hydrogen-bond acceptors (Lipinski definition) is 6. The molecule has 0 spiro atoms. The summed E-state index contributed by atoms with van der Waals surface area (Å²) in [6.07, 6.45) is 14.3. The van der Waals surface area contributed by atoms with Gasteiger partial charge in [-0.2, -0.15) is 0 Å². The van der Waals surface area contributed by atoms with Crippen molar-refractivity contribution in [2.75, 3.05) is 32.8 Å². The van der Waals surface area contributed by atoms with E-state index in [9.17, 15) is 9.59 Å². The van der Waals surface area contributed by atoms with E-state index in [1.165, 1.54) is 32.1 Å². The van der Waals surface area contributed by atoms with Gasteiger partial charge in [0.1, 0.15) is 0 Å². The molecule has 8 nitrogen and oxygen atoms in total. The average molecular weight is 438 g/mol. The SMILES string of the molecule is O=C(Cc1cnccn1)N1CCN(C(=O)c2ccnc(OCCC3CCCCC3)c2)CC1. The van der Waals surface area contributed by atoms with Crippen molar-refractivity contribution in [2.24, 2.45) is 5.92 Å². The van der Waals surface area contributed by atoms with Crippen molar-refractivity contribution in [3.05, 3.63) is 48.2 Å². The fraction of sp³-hybridized carbons (Fsp3) is 0.542. The van der Waals surface area contributed by atoms with Crippen LogP contribution in [0.15, 0.2) is 36.9 Å². The molecule has 32 heavy (non-hydrogen) atoms. The summed E-state index contributed by atoms with van der Waals surface area (Å²) in [5.74, 6) is 1.21. The van der Waals surface area contributed by atoms with Crippen LogP contribution in [0.25, 0.3) is 0 Å². The Morgan fingerprint density at radius 1 is 0.969 bits per heavy atom.